The lowest BCUT2D eigenvalue weighted by atomic mass is 10.3. The van der Waals surface area contributed by atoms with Gasteiger partial charge in [-0.05, 0) is 42.1 Å². The molecular weight excluding hydrogens is 403 g/mol. The first-order valence-corrected chi connectivity index (χ1v) is 10.0. The molecule has 0 amide bonds. The van der Waals surface area contributed by atoms with Crippen LogP contribution in [-0.4, -0.2) is 23.2 Å². The van der Waals surface area contributed by atoms with Crippen molar-refractivity contribution in [2.75, 3.05) is 4.72 Å². The number of sulfonamides is 1. The summed E-state index contributed by atoms with van der Waals surface area (Å²) < 4.78 is 29.6. The topological polar surface area (TPSA) is 76.9 Å². The summed E-state index contributed by atoms with van der Waals surface area (Å²) in [7, 11) is -2.04. The van der Waals surface area contributed by atoms with E-state index in [0.29, 0.717) is 15.7 Å². The number of rotatable bonds is 5. The van der Waals surface area contributed by atoms with Crippen LogP contribution in [0.25, 0.3) is 0 Å². The van der Waals surface area contributed by atoms with Gasteiger partial charge >= 0.3 is 0 Å². The maximum Gasteiger partial charge on any atom is 0.262 e. The van der Waals surface area contributed by atoms with E-state index in [4.69, 9.17) is 23.2 Å². The van der Waals surface area contributed by atoms with Crippen LogP contribution in [0.5, 0.6) is 0 Å². The van der Waals surface area contributed by atoms with Crippen molar-refractivity contribution >= 4 is 50.7 Å². The summed E-state index contributed by atoms with van der Waals surface area (Å²) in [5.41, 5.74) is 0.423. The van der Waals surface area contributed by atoms with Crippen LogP contribution in [0.15, 0.2) is 63.7 Å². The van der Waals surface area contributed by atoms with E-state index in [-0.39, 0.29) is 14.9 Å². The number of hydrogen-bond donors (Lipinski definition) is 1. The van der Waals surface area contributed by atoms with Gasteiger partial charge in [0.05, 0.1) is 10.6 Å². The van der Waals surface area contributed by atoms with E-state index in [1.807, 2.05) is 13.1 Å². The van der Waals surface area contributed by atoms with Crippen molar-refractivity contribution in [3.8, 4) is 0 Å². The number of nitrogens with zero attached hydrogens (tertiary/aromatic N) is 3. The molecular formula is C15H12Cl2N4O2S2. The number of hydrogen-bond acceptors (Lipinski definition) is 5. The highest BCUT2D eigenvalue weighted by molar-refractivity contribution is 7.99. The summed E-state index contributed by atoms with van der Waals surface area (Å²) in [5.74, 6) is 0. The molecule has 10 heteroatoms. The molecule has 0 aliphatic rings. The quantitative estimate of drug-likeness (QED) is 0.680. The van der Waals surface area contributed by atoms with Crippen molar-refractivity contribution in [1.82, 2.24) is 14.8 Å². The van der Waals surface area contributed by atoms with Gasteiger partial charge in [-0.3, -0.25) is 4.72 Å². The van der Waals surface area contributed by atoms with Crippen LogP contribution < -0.4 is 4.72 Å². The first kappa shape index (κ1) is 18.1. The third kappa shape index (κ3) is 4.27. The van der Waals surface area contributed by atoms with Gasteiger partial charge in [0.1, 0.15) is 6.33 Å². The first-order chi connectivity index (χ1) is 11.8. The molecule has 1 heterocycles. The Hall–Kier alpha value is -1.74. The number of aromatic nitrogens is 3. The monoisotopic (exact) mass is 414 g/mol. The van der Waals surface area contributed by atoms with Crippen molar-refractivity contribution < 1.29 is 8.42 Å². The minimum absolute atomic E-state index is 0.0107. The fourth-order valence-electron chi connectivity index (χ4n) is 1.99. The average molecular weight is 415 g/mol. The predicted molar refractivity (Wildman–Crippen MR) is 98.8 cm³/mol. The normalized spacial score (nSPS) is 11.5. The van der Waals surface area contributed by atoms with Gasteiger partial charge in [-0.2, -0.15) is 0 Å². The highest BCUT2D eigenvalue weighted by Crippen LogP contribution is 2.33. The van der Waals surface area contributed by atoms with Gasteiger partial charge in [0.2, 0.25) is 0 Å². The fourth-order valence-corrected chi connectivity index (χ4v) is 4.71. The van der Waals surface area contributed by atoms with Gasteiger partial charge in [-0.25, -0.2) is 8.42 Å². The highest BCUT2D eigenvalue weighted by Gasteiger charge is 2.18. The molecule has 0 aliphatic carbocycles. The third-order valence-electron chi connectivity index (χ3n) is 3.15. The van der Waals surface area contributed by atoms with Gasteiger partial charge in [0, 0.05) is 22.0 Å². The highest BCUT2D eigenvalue weighted by atomic mass is 35.5. The van der Waals surface area contributed by atoms with Crippen LogP contribution in [0.3, 0.4) is 0 Å². The number of aryl methyl sites for hydroxylation is 1. The van der Waals surface area contributed by atoms with E-state index in [2.05, 4.69) is 14.9 Å². The van der Waals surface area contributed by atoms with Crippen LogP contribution in [0, 0.1) is 0 Å². The van der Waals surface area contributed by atoms with Crippen molar-refractivity contribution in [3.05, 3.63) is 58.8 Å². The Morgan fingerprint density at radius 2 is 1.80 bits per heavy atom. The van der Waals surface area contributed by atoms with E-state index in [9.17, 15) is 8.42 Å². The molecule has 1 aromatic heterocycles. The van der Waals surface area contributed by atoms with Crippen LogP contribution in [0.1, 0.15) is 0 Å². The molecule has 2 aromatic carbocycles. The zero-order chi connectivity index (χ0) is 18.0. The average Bonchev–Trinajstić information content (AvgIpc) is 2.93. The number of halogens is 2. The molecule has 0 unspecified atom stereocenters. The number of anilines is 1. The minimum atomic E-state index is -3.84. The molecule has 0 spiro atoms. The Bertz CT molecular complexity index is 1000. The molecule has 3 rings (SSSR count). The van der Waals surface area contributed by atoms with E-state index in [1.165, 1.54) is 30.0 Å². The molecule has 25 heavy (non-hydrogen) atoms. The summed E-state index contributed by atoms with van der Waals surface area (Å²) in [5, 5.41) is 8.93. The predicted octanol–water partition coefficient (Wildman–Crippen LogP) is 4.07. The Kier molecular flexibility index (Phi) is 5.24. The second-order valence-corrected chi connectivity index (χ2v) is 8.60. The van der Waals surface area contributed by atoms with Gasteiger partial charge in [0.25, 0.3) is 10.0 Å². The Morgan fingerprint density at radius 3 is 2.44 bits per heavy atom. The van der Waals surface area contributed by atoms with E-state index >= 15 is 0 Å². The largest absolute Gasteiger partial charge is 0.311 e. The van der Waals surface area contributed by atoms with Crippen LogP contribution >= 0.6 is 35.0 Å². The van der Waals surface area contributed by atoms with E-state index in [1.54, 1.807) is 29.1 Å². The summed E-state index contributed by atoms with van der Waals surface area (Å²) in [4.78, 5) is 0.679. The summed E-state index contributed by atoms with van der Waals surface area (Å²) >= 11 is 13.1. The third-order valence-corrected chi connectivity index (χ3v) is 6.06. The van der Waals surface area contributed by atoms with Gasteiger partial charge < -0.3 is 4.57 Å². The second kappa shape index (κ2) is 7.25. The van der Waals surface area contributed by atoms with Crippen LogP contribution in [-0.2, 0) is 17.1 Å². The minimum Gasteiger partial charge on any atom is -0.311 e. The van der Waals surface area contributed by atoms with E-state index in [0.717, 1.165) is 0 Å². The van der Waals surface area contributed by atoms with Crippen LogP contribution in [0.4, 0.5) is 5.69 Å². The first-order valence-electron chi connectivity index (χ1n) is 6.95. The van der Waals surface area contributed by atoms with Gasteiger partial charge in [-0.1, -0.05) is 35.3 Å². The molecule has 0 bridgehead atoms. The van der Waals surface area contributed by atoms with Crippen molar-refractivity contribution in [2.45, 2.75) is 14.9 Å². The fraction of sp³-hybridized carbons (Fsp3) is 0.0667. The maximum absolute atomic E-state index is 12.7. The lowest BCUT2D eigenvalue weighted by molar-refractivity contribution is 0.601. The van der Waals surface area contributed by atoms with Gasteiger partial charge in [-0.15, -0.1) is 10.2 Å². The lowest BCUT2D eigenvalue weighted by Gasteiger charge is -2.12. The molecule has 0 radical (unpaired) electrons. The summed E-state index contributed by atoms with van der Waals surface area (Å²) in [6.07, 6.45) is 1.57. The summed E-state index contributed by atoms with van der Waals surface area (Å²) in [6.45, 7) is 0. The molecule has 3 aromatic rings. The second-order valence-electron chi connectivity index (χ2n) is 5.03. The molecule has 0 fully saturated rings. The van der Waals surface area contributed by atoms with E-state index < -0.39 is 10.0 Å². The molecule has 130 valence electrons. The molecule has 1 N–H and O–H groups in total. The zero-order valence-electron chi connectivity index (χ0n) is 12.8. The Labute approximate surface area is 159 Å². The zero-order valence-corrected chi connectivity index (χ0v) is 16.0. The van der Waals surface area contributed by atoms with Crippen molar-refractivity contribution in [1.29, 1.82) is 0 Å². The molecule has 0 saturated carbocycles. The molecule has 0 aliphatic heterocycles. The molecule has 0 saturated heterocycles. The Balaban J connectivity index is 1.93. The SMILES string of the molecule is Cn1cnnc1Sc1ccccc1NS(=O)(=O)c1cc(Cl)cc(Cl)c1. The standard InChI is InChI=1S/C15H12Cl2N4O2S2/c1-21-9-18-19-15(21)24-14-5-3-2-4-13(14)20-25(22,23)12-7-10(16)6-11(17)8-12/h2-9,20H,1H3. The Morgan fingerprint density at radius 1 is 1.12 bits per heavy atom. The van der Waals surface area contributed by atoms with Crippen molar-refractivity contribution in [2.24, 2.45) is 7.05 Å². The number of nitrogens with one attached hydrogen (secondary N) is 1. The van der Waals surface area contributed by atoms with Gasteiger partial charge in [0.15, 0.2) is 5.16 Å². The molecule has 6 nitrogen and oxygen atoms in total. The lowest BCUT2D eigenvalue weighted by Crippen LogP contribution is -2.13. The maximum atomic E-state index is 12.7. The van der Waals surface area contributed by atoms with Crippen molar-refractivity contribution in [3.63, 3.8) is 0 Å². The number of benzene rings is 2. The molecule has 0 atom stereocenters. The summed E-state index contributed by atoms with van der Waals surface area (Å²) in [6, 6.07) is 11.2. The smallest absolute Gasteiger partial charge is 0.262 e. The van der Waals surface area contributed by atoms with Crippen LogP contribution in [0.2, 0.25) is 10.0 Å². The number of para-hydroxylation sites is 1.